The third-order valence-corrected chi connectivity index (χ3v) is 15.3. The molecule has 0 aromatic heterocycles. The maximum Gasteiger partial charge on any atom is 0.472 e. The van der Waals surface area contributed by atoms with Gasteiger partial charge < -0.3 is 20.1 Å². The van der Waals surface area contributed by atoms with E-state index in [1.54, 1.807) is 0 Å². The van der Waals surface area contributed by atoms with Crippen LogP contribution in [0.15, 0.2) is 182 Å². The molecule has 0 bridgehead atoms. The molecule has 0 saturated heterocycles. The van der Waals surface area contributed by atoms with Gasteiger partial charge in [0, 0.05) is 19.4 Å². The monoisotopic (exact) mass is 1250 g/mol. The molecule has 0 aromatic carbocycles. The SMILES string of the molecule is CC/C=C\C/C=C\C/C=C\C/C=C\C/C=C\C/C=C\C/C=C\C/C=C\CCCCCCCCC(=O)OC(COC(=O)CCCCCCCCCCCCCCCCC/C=C\C/C=C\C/C=C\C/C=C\C/C=C\C/C=C\C/C=C\CC)COP(=O)(O)OCCN. The van der Waals surface area contributed by atoms with Gasteiger partial charge in [0.2, 0.25) is 0 Å². The maximum atomic E-state index is 12.8. The lowest BCUT2D eigenvalue weighted by atomic mass is 10.0. The summed E-state index contributed by atoms with van der Waals surface area (Å²) in [4.78, 5) is 35.4. The highest BCUT2D eigenvalue weighted by Crippen LogP contribution is 2.43. The van der Waals surface area contributed by atoms with Gasteiger partial charge in [0.05, 0.1) is 13.2 Å². The van der Waals surface area contributed by atoms with Crippen molar-refractivity contribution < 1.29 is 37.6 Å². The van der Waals surface area contributed by atoms with Crippen LogP contribution in [-0.4, -0.2) is 49.3 Å². The van der Waals surface area contributed by atoms with Gasteiger partial charge in [-0.1, -0.05) is 305 Å². The van der Waals surface area contributed by atoms with Crippen molar-refractivity contribution in [3.63, 3.8) is 0 Å². The first-order valence-corrected chi connectivity index (χ1v) is 36.8. The highest BCUT2D eigenvalue weighted by Gasteiger charge is 2.26. The van der Waals surface area contributed by atoms with E-state index < -0.39 is 32.5 Å². The predicted molar refractivity (Wildman–Crippen MR) is 385 cm³/mol. The van der Waals surface area contributed by atoms with Crippen LogP contribution in [0, 0.1) is 0 Å². The summed E-state index contributed by atoms with van der Waals surface area (Å²) < 4.78 is 33.2. The van der Waals surface area contributed by atoms with Crippen molar-refractivity contribution in [3.05, 3.63) is 182 Å². The molecule has 2 unspecified atom stereocenters. The number of nitrogens with two attached hydrogens (primary N) is 1. The summed E-state index contributed by atoms with van der Waals surface area (Å²) >= 11 is 0. The van der Waals surface area contributed by atoms with E-state index in [1.165, 1.54) is 83.5 Å². The van der Waals surface area contributed by atoms with E-state index in [1.807, 2.05) is 0 Å². The van der Waals surface area contributed by atoms with Crippen LogP contribution in [0.25, 0.3) is 0 Å². The number of esters is 2. The van der Waals surface area contributed by atoms with E-state index in [2.05, 4.69) is 196 Å². The summed E-state index contributed by atoms with van der Waals surface area (Å²) in [6.07, 6.45) is 108. The third-order valence-electron chi connectivity index (χ3n) is 14.3. The molecule has 0 rings (SSSR count). The zero-order valence-corrected chi connectivity index (χ0v) is 57.2. The summed E-state index contributed by atoms with van der Waals surface area (Å²) in [5, 5.41) is 0. The molecule has 0 aliphatic heterocycles. The molecule has 0 aliphatic rings. The van der Waals surface area contributed by atoms with E-state index in [9.17, 15) is 19.0 Å². The molecule has 0 saturated carbocycles. The molecule has 2 atom stereocenters. The van der Waals surface area contributed by atoms with Gasteiger partial charge >= 0.3 is 19.8 Å². The molecule has 0 aromatic rings. The summed E-state index contributed by atoms with van der Waals surface area (Å²) in [5.41, 5.74) is 5.40. The number of unbranched alkanes of at least 4 members (excludes halogenated alkanes) is 21. The Hall–Kier alpha value is -4.89. The fourth-order valence-corrected chi connectivity index (χ4v) is 9.93. The molecule has 0 heterocycles. The second kappa shape index (κ2) is 72.2. The number of rotatable bonds is 64. The van der Waals surface area contributed by atoms with E-state index in [-0.39, 0.29) is 32.6 Å². The summed E-state index contributed by atoms with van der Waals surface area (Å²) in [7, 11) is -4.41. The molecule has 3 N–H and O–H groups in total. The number of carbonyl (C=O) groups excluding carboxylic acids is 2. The molecule has 0 spiro atoms. The first kappa shape index (κ1) is 84.1. The number of phosphoric ester groups is 1. The molecule has 502 valence electrons. The number of hydrogen-bond donors (Lipinski definition) is 2. The lowest BCUT2D eigenvalue weighted by Crippen LogP contribution is -2.29. The van der Waals surface area contributed by atoms with Gasteiger partial charge in [-0.15, -0.1) is 0 Å². The van der Waals surface area contributed by atoms with Gasteiger partial charge in [-0.2, -0.15) is 0 Å². The van der Waals surface area contributed by atoms with E-state index in [0.29, 0.717) is 6.42 Å². The quantitative estimate of drug-likeness (QED) is 0.0264. The summed E-state index contributed by atoms with van der Waals surface area (Å²) in [6, 6.07) is 0. The molecule has 0 aliphatic carbocycles. The molecule has 0 amide bonds. The van der Waals surface area contributed by atoms with Crippen molar-refractivity contribution in [2.75, 3.05) is 26.4 Å². The first-order valence-electron chi connectivity index (χ1n) is 35.3. The standard InChI is InChI=1S/C79H128NO8P/c1-3-5-7-9-11-13-15-17-19-21-23-25-27-29-31-33-35-36-37-38-39-40-42-43-45-47-49-51-53-55-57-59-61-63-65-67-69-71-78(81)85-75-77(76-87-89(83,84)86-74-73-80)88-79(82)72-70-68-66-64-62-60-58-56-54-52-50-48-46-44-41-34-32-30-28-26-24-22-20-18-16-14-12-10-8-6-4-2/h5-8,11-14,17-20,23-26,29-32,35-36,38-39,41,44,48,50,54,56,77H,3-4,9-10,15-16,21-22,27-28,33-34,37,40,42-43,45-47,49,51-53,55,57-76,80H2,1-2H3,(H,83,84)/b7-5-,8-6-,13-11-,14-12-,19-17-,20-18-,25-23-,26-24-,31-29-,32-30-,36-35-,39-38-,44-41-,50-48-,56-54-. The van der Waals surface area contributed by atoms with Crippen molar-refractivity contribution in [1.82, 2.24) is 0 Å². The van der Waals surface area contributed by atoms with Crippen LogP contribution < -0.4 is 5.73 Å². The second-order valence-electron chi connectivity index (χ2n) is 22.6. The van der Waals surface area contributed by atoms with Crippen LogP contribution in [0.2, 0.25) is 0 Å². The number of hydrogen-bond acceptors (Lipinski definition) is 8. The van der Waals surface area contributed by atoms with Crippen LogP contribution in [-0.2, 0) is 32.7 Å². The zero-order valence-electron chi connectivity index (χ0n) is 56.3. The normalized spacial score (nSPS) is 14.1. The van der Waals surface area contributed by atoms with E-state index in [0.717, 1.165) is 154 Å². The molecule has 10 heteroatoms. The van der Waals surface area contributed by atoms with Gasteiger partial charge in [-0.3, -0.25) is 18.6 Å². The Morgan fingerprint density at radius 1 is 0.337 bits per heavy atom. The fourth-order valence-electron chi connectivity index (χ4n) is 9.16. The van der Waals surface area contributed by atoms with Crippen molar-refractivity contribution in [2.24, 2.45) is 5.73 Å². The van der Waals surface area contributed by atoms with Crippen LogP contribution in [0.5, 0.6) is 0 Å². The van der Waals surface area contributed by atoms with Crippen LogP contribution in [0.1, 0.15) is 271 Å². The smallest absolute Gasteiger partial charge is 0.462 e. The van der Waals surface area contributed by atoms with Crippen molar-refractivity contribution >= 4 is 19.8 Å². The maximum absolute atomic E-state index is 12.8. The number of carbonyl (C=O) groups is 2. The minimum atomic E-state index is -4.41. The zero-order chi connectivity index (χ0) is 64.4. The van der Waals surface area contributed by atoms with Gasteiger partial charge in [-0.25, -0.2) is 4.57 Å². The number of allylic oxidation sites excluding steroid dienone is 30. The molecular weight excluding hydrogens is 1120 g/mol. The van der Waals surface area contributed by atoms with Gasteiger partial charge in [-0.05, 0) is 135 Å². The van der Waals surface area contributed by atoms with Crippen molar-refractivity contribution in [1.29, 1.82) is 0 Å². The molecule has 89 heavy (non-hydrogen) atoms. The van der Waals surface area contributed by atoms with Crippen LogP contribution in [0.3, 0.4) is 0 Å². The lowest BCUT2D eigenvalue weighted by Gasteiger charge is -2.19. The van der Waals surface area contributed by atoms with Crippen molar-refractivity contribution in [2.45, 2.75) is 277 Å². The molecule has 9 nitrogen and oxygen atoms in total. The van der Waals surface area contributed by atoms with E-state index in [4.69, 9.17) is 24.3 Å². The Bertz CT molecular complexity index is 2110. The average Bonchev–Trinajstić information content (AvgIpc) is 3.68. The highest BCUT2D eigenvalue weighted by atomic mass is 31.2. The van der Waals surface area contributed by atoms with Crippen LogP contribution in [0.4, 0.5) is 0 Å². The number of ether oxygens (including phenoxy) is 2. The summed E-state index contributed by atoms with van der Waals surface area (Å²) in [5.74, 6) is -0.852. The first-order chi connectivity index (χ1) is 43.8. The Morgan fingerprint density at radius 2 is 0.584 bits per heavy atom. The fraction of sp³-hybridized carbons (Fsp3) is 0.595. The average molecular weight is 1250 g/mol. The largest absolute Gasteiger partial charge is 0.472 e. The van der Waals surface area contributed by atoms with Gasteiger partial charge in [0.25, 0.3) is 0 Å². The van der Waals surface area contributed by atoms with Crippen molar-refractivity contribution in [3.8, 4) is 0 Å². The molecule has 0 radical (unpaired) electrons. The van der Waals surface area contributed by atoms with E-state index >= 15 is 0 Å². The minimum Gasteiger partial charge on any atom is -0.462 e. The highest BCUT2D eigenvalue weighted by molar-refractivity contribution is 7.47. The number of phosphoric acid groups is 1. The Kier molecular flexibility index (Phi) is 68.2. The Balaban J connectivity index is 3.97. The lowest BCUT2D eigenvalue weighted by molar-refractivity contribution is -0.161. The molecular formula is C79H128NO8P. The Labute approximate surface area is 545 Å². The predicted octanol–water partition coefficient (Wildman–Crippen LogP) is 23.5. The molecule has 0 fully saturated rings. The Morgan fingerprint density at radius 3 is 0.865 bits per heavy atom. The van der Waals surface area contributed by atoms with Gasteiger partial charge in [0.15, 0.2) is 6.10 Å². The minimum absolute atomic E-state index is 0.0421. The topological polar surface area (TPSA) is 134 Å². The third kappa shape index (κ3) is 72.1. The van der Waals surface area contributed by atoms with Gasteiger partial charge in [0.1, 0.15) is 6.61 Å². The summed E-state index contributed by atoms with van der Waals surface area (Å²) in [6.45, 7) is 3.49. The second-order valence-corrected chi connectivity index (χ2v) is 24.1. The van der Waals surface area contributed by atoms with Crippen LogP contribution >= 0.6 is 7.82 Å².